The molecule has 18 heavy (non-hydrogen) atoms. The van der Waals surface area contributed by atoms with Crippen LogP contribution in [0, 0.1) is 6.92 Å². The standard InChI is InChI=1S/C12H25.2Na.H2O3S.2H/c1-3-5-7-9-11-12-10-8-6-4-2;;;1-4(2)3;;/h1,3-12H2,2H3;;;4H,(H,1,2,3);;. The number of thiol groups is 1. The third-order valence-corrected chi connectivity index (χ3v) is 2.35. The molecule has 0 bridgehead atoms. The van der Waals surface area contributed by atoms with Crippen molar-refractivity contribution in [3.63, 3.8) is 0 Å². The Labute approximate surface area is 159 Å². The molecule has 0 rings (SSSR count). The van der Waals surface area contributed by atoms with E-state index in [1.54, 1.807) is 0 Å². The maximum absolute atomic E-state index is 8.59. The Morgan fingerprint density at radius 3 is 1.39 bits per heavy atom. The Hall–Kier alpha value is 1.91. The molecule has 0 spiro atoms. The van der Waals surface area contributed by atoms with Crippen LogP contribution in [0.1, 0.15) is 71.1 Å². The molecule has 0 aromatic carbocycles. The van der Waals surface area contributed by atoms with E-state index >= 15 is 0 Å². The normalized spacial score (nSPS) is 8.89. The summed E-state index contributed by atoms with van der Waals surface area (Å²) in [7, 11) is -3.12. The summed E-state index contributed by atoms with van der Waals surface area (Å²) in [6, 6.07) is 0. The monoisotopic (exact) mass is 299 g/mol. The van der Waals surface area contributed by atoms with E-state index in [4.69, 9.17) is 13.0 Å². The van der Waals surface area contributed by atoms with E-state index in [9.17, 15) is 0 Å². The van der Waals surface area contributed by atoms with Gasteiger partial charge in [0.15, 0.2) is 0 Å². The third-order valence-electron chi connectivity index (χ3n) is 2.35. The van der Waals surface area contributed by atoms with Crippen LogP contribution in [-0.4, -0.2) is 72.1 Å². The summed E-state index contributed by atoms with van der Waals surface area (Å²) in [5.74, 6) is 0. The van der Waals surface area contributed by atoms with Gasteiger partial charge in [-0.05, 0) is 0 Å². The van der Waals surface area contributed by atoms with Gasteiger partial charge in [0, 0.05) is 0 Å². The molecule has 0 amide bonds. The molecule has 0 heterocycles. The molecular formula is C12H29Na2O3S. The summed E-state index contributed by atoms with van der Waals surface area (Å²) in [5, 5.41) is 0. The Bertz CT molecular complexity index is 170. The van der Waals surface area contributed by atoms with Gasteiger partial charge in [-0.1, -0.05) is 78.1 Å². The predicted octanol–water partition coefficient (Wildman–Crippen LogP) is 2.52. The van der Waals surface area contributed by atoms with Crippen molar-refractivity contribution >= 4 is 70.1 Å². The molecule has 0 aliphatic rings. The van der Waals surface area contributed by atoms with Crippen molar-refractivity contribution in [1.29, 1.82) is 0 Å². The van der Waals surface area contributed by atoms with Crippen molar-refractivity contribution in [2.75, 3.05) is 0 Å². The van der Waals surface area contributed by atoms with E-state index < -0.39 is 11.0 Å². The van der Waals surface area contributed by atoms with Crippen LogP contribution in [0.15, 0.2) is 0 Å². The van der Waals surface area contributed by atoms with Crippen molar-refractivity contribution in [3.8, 4) is 0 Å². The van der Waals surface area contributed by atoms with Crippen LogP contribution in [-0.2, 0) is 11.0 Å². The van der Waals surface area contributed by atoms with Gasteiger partial charge in [-0.15, -0.1) is 0 Å². The van der Waals surface area contributed by atoms with Crippen molar-refractivity contribution in [3.05, 3.63) is 6.92 Å². The van der Waals surface area contributed by atoms with Gasteiger partial charge in [0.1, 0.15) is 0 Å². The second kappa shape index (κ2) is 27.3. The summed E-state index contributed by atoms with van der Waals surface area (Å²) in [4.78, 5) is 0. The Kier molecular flexibility index (Phi) is 42.6. The number of hydrogen-bond donors (Lipinski definition) is 2. The zero-order valence-electron chi connectivity index (χ0n) is 10.5. The van der Waals surface area contributed by atoms with Crippen LogP contribution >= 0.6 is 0 Å². The van der Waals surface area contributed by atoms with Crippen molar-refractivity contribution in [2.45, 2.75) is 71.1 Å². The van der Waals surface area contributed by atoms with Crippen LogP contribution in [0.2, 0.25) is 0 Å². The van der Waals surface area contributed by atoms with Crippen LogP contribution < -0.4 is 0 Å². The minimum atomic E-state index is -3.12. The Morgan fingerprint density at radius 1 is 0.833 bits per heavy atom. The fraction of sp³-hybridized carbons (Fsp3) is 0.917. The average molecular weight is 299 g/mol. The topological polar surface area (TPSA) is 54.4 Å². The zero-order chi connectivity index (χ0) is 12.6. The van der Waals surface area contributed by atoms with Crippen LogP contribution in [0.25, 0.3) is 0 Å². The Balaban J connectivity index is -0.000000143. The number of unbranched alkanes of at least 4 members (excludes halogenated alkanes) is 9. The molecule has 0 saturated carbocycles. The molecule has 0 fully saturated rings. The number of hydrogen-bond acceptors (Lipinski definition) is 2. The molecule has 3 nitrogen and oxygen atoms in total. The van der Waals surface area contributed by atoms with Gasteiger partial charge in [-0.2, -0.15) is 0 Å². The van der Waals surface area contributed by atoms with Gasteiger partial charge < -0.3 is 0 Å². The summed E-state index contributed by atoms with van der Waals surface area (Å²) in [5.41, 5.74) is 0. The van der Waals surface area contributed by atoms with Crippen LogP contribution in [0.3, 0.4) is 0 Å². The first kappa shape index (κ1) is 28.1. The molecule has 0 atom stereocenters. The van der Waals surface area contributed by atoms with Gasteiger partial charge >= 0.3 is 59.1 Å². The molecule has 0 aromatic heterocycles. The maximum atomic E-state index is 8.59. The summed E-state index contributed by atoms with van der Waals surface area (Å²) < 4.78 is 24.2. The predicted molar refractivity (Wildman–Crippen MR) is 84.4 cm³/mol. The van der Waals surface area contributed by atoms with E-state index in [0.717, 1.165) is 6.42 Å². The van der Waals surface area contributed by atoms with E-state index in [2.05, 4.69) is 13.8 Å². The van der Waals surface area contributed by atoms with E-state index in [0.29, 0.717) is 0 Å². The first-order chi connectivity index (χ1) is 7.65. The molecule has 0 saturated heterocycles. The SMILES string of the molecule is O=[SH](=O)O.[CH2]CCCCCCCCCCC.[NaH].[NaH]. The second-order valence-electron chi connectivity index (χ2n) is 3.92. The molecule has 0 aliphatic carbocycles. The van der Waals surface area contributed by atoms with E-state index in [-0.39, 0.29) is 59.1 Å². The summed E-state index contributed by atoms with van der Waals surface area (Å²) in [6.45, 7) is 6.12. The van der Waals surface area contributed by atoms with E-state index in [1.165, 1.54) is 57.8 Å². The van der Waals surface area contributed by atoms with Crippen molar-refractivity contribution in [1.82, 2.24) is 0 Å². The van der Waals surface area contributed by atoms with Crippen LogP contribution in [0.5, 0.6) is 0 Å². The fourth-order valence-electron chi connectivity index (χ4n) is 1.49. The molecular weight excluding hydrogens is 270 g/mol. The van der Waals surface area contributed by atoms with Gasteiger partial charge in [0.25, 0.3) is 11.0 Å². The molecule has 0 unspecified atom stereocenters. The number of rotatable bonds is 9. The molecule has 103 valence electrons. The summed E-state index contributed by atoms with van der Waals surface area (Å²) in [6.07, 6.45) is 13.9. The fourth-order valence-corrected chi connectivity index (χ4v) is 1.49. The van der Waals surface area contributed by atoms with Crippen molar-refractivity contribution in [2.24, 2.45) is 0 Å². The molecule has 1 radical (unpaired) electrons. The first-order valence-electron chi connectivity index (χ1n) is 6.27. The van der Waals surface area contributed by atoms with Crippen LogP contribution in [0.4, 0.5) is 0 Å². The third kappa shape index (κ3) is 43.0. The van der Waals surface area contributed by atoms with Gasteiger partial charge in [0.05, 0.1) is 0 Å². The van der Waals surface area contributed by atoms with Gasteiger partial charge in [-0.25, -0.2) is 8.42 Å². The molecule has 6 heteroatoms. The molecule has 1 N–H and O–H groups in total. The first-order valence-corrected chi connectivity index (χ1v) is 7.40. The Morgan fingerprint density at radius 2 is 1.11 bits per heavy atom. The molecule has 0 aromatic rings. The van der Waals surface area contributed by atoms with Gasteiger partial charge in [0.2, 0.25) is 0 Å². The van der Waals surface area contributed by atoms with Crippen molar-refractivity contribution < 1.29 is 13.0 Å². The minimum absolute atomic E-state index is 0. The zero-order valence-corrected chi connectivity index (χ0v) is 11.4. The van der Waals surface area contributed by atoms with E-state index in [1.807, 2.05) is 0 Å². The second-order valence-corrected chi connectivity index (χ2v) is 4.40. The average Bonchev–Trinajstić information content (AvgIpc) is 2.21. The summed E-state index contributed by atoms with van der Waals surface area (Å²) >= 11 is 0. The van der Waals surface area contributed by atoms with Gasteiger partial charge in [-0.3, -0.25) is 4.55 Å². The quantitative estimate of drug-likeness (QED) is 0.298. The molecule has 0 aliphatic heterocycles.